The number of carbonyl (C=O) groups is 1. The van der Waals surface area contributed by atoms with Gasteiger partial charge in [0.05, 0.1) is 0 Å². The van der Waals surface area contributed by atoms with E-state index in [1.165, 1.54) is 0 Å². The van der Waals surface area contributed by atoms with Crippen LogP contribution < -0.4 is 5.48 Å². The molecule has 4 rings (SSSR count). The molecule has 4 aromatic rings. The molecular formula is C21H17N5O2S. The molecule has 0 radical (unpaired) electrons. The van der Waals surface area contributed by atoms with E-state index in [0.29, 0.717) is 11.3 Å². The average Bonchev–Trinajstić information content (AvgIpc) is 3.22. The predicted octanol–water partition coefficient (Wildman–Crippen LogP) is 3.74. The van der Waals surface area contributed by atoms with Gasteiger partial charge in [-0.15, -0.1) is 10.2 Å². The predicted molar refractivity (Wildman–Crippen MR) is 110 cm³/mol. The number of nitrogens with one attached hydrogen (secondary N) is 1. The summed E-state index contributed by atoms with van der Waals surface area (Å²) in [5.74, 6) is 0.869. The van der Waals surface area contributed by atoms with Crippen molar-refractivity contribution in [3.8, 4) is 17.1 Å². The first kappa shape index (κ1) is 18.9. The first-order valence-electron chi connectivity index (χ1n) is 8.83. The first-order chi connectivity index (χ1) is 14.3. The highest BCUT2D eigenvalue weighted by Crippen LogP contribution is 2.29. The fourth-order valence-electron chi connectivity index (χ4n) is 2.83. The second kappa shape index (κ2) is 8.68. The van der Waals surface area contributed by atoms with E-state index in [-0.39, 0.29) is 0 Å². The lowest BCUT2D eigenvalue weighted by Crippen LogP contribution is -2.18. The van der Waals surface area contributed by atoms with E-state index in [1.807, 2.05) is 59.2 Å². The number of nitrogens with zero attached hydrogens (tertiary/aromatic N) is 4. The number of pyridine rings is 1. The number of hydroxylamine groups is 1. The number of rotatable bonds is 6. The third kappa shape index (κ3) is 4.18. The highest BCUT2D eigenvalue weighted by molar-refractivity contribution is 7.98. The maximum atomic E-state index is 11.5. The molecule has 2 aromatic carbocycles. The molecule has 8 heteroatoms. The van der Waals surface area contributed by atoms with Gasteiger partial charge in [-0.1, -0.05) is 42.1 Å². The summed E-state index contributed by atoms with van der Waals surface area (Å²) in [6, 6.07) is 20.8. The van der Waals surface area contributed by atoms with Crippen molar-refractivity contribution in [2.75, 3.05) is 0 Å². The summed E-state index contributed by atoms with van der Waals surface area (Å²) in [7, 11) is 0. The van der Waals surface area contributed by atoms with Gasteiger partial charge >= 0.3 is 0 Å². The Morgan fingerprint density at radius 3 is 2.38 bits per heavy atom. The largest absolute Gasteiger partial charge is 0.288 e. The van der Waals surface area contributed by atoms with Crippen molar-refractivity contribution in [1.29, 1.82) is 0 Å². The van der Waals surface area contributed by atoms with Crippen LogP contribution in [-0.2, 0) is 5.75 Å². The molecule has 0 saturated carbocycles. The number of para-hydroxylation sites is 1. The Balaban J connectivity index is 1.62. The number of benzene rings is 2. The normalized spacial score (nSPS) is 10.7. The van der Waals surface area contributed by atoms with E-state index in [1.54, 1.807) is 41.8 Å². The van der Waals surface area contributed by atoms with Gasteiger partial charge in [0.25, 0.3) is 5.91 Å². The molecule has 0 atom stereocenters. The summed E-state index contributed by atoms with van der Waals surface area (Å²) in [6.07, 6.45) is 3.46. The van der Waals surface area contributed by atoms with Crippen molar-refractivity contribution in [3.05, 3.63) is 90.3 Å². The zero-order chi connectivity index (χ0) is 20.1. The first-order valence-corrected chi connectivity index (χ1v) is 9.82. The molecule has 7 nitrogen and oxygen atoms in total. The van der Waals surface area contributed by atoms with E-state index >= 15 is 0 Å². The van der Waals surface area contributed by atoms with Gasteiger partial charge in [0.2, 0.25) is 0 Å². The Morgan fingerprint density at radius 2 is 1.69 bits per heavy atom. The lowest BCUT2D eigenvalue weighted by Gasteiger charge is -2.10. The van der Waals surface area contributed by atoms with Crippen LogP contribution in [0.25, 0.3) is 17.1 Å². The SMILES string of the molecule is O=C(NO)c1ccc(CSc2nnc(-c3ccncc3)n2-c2ccccc2)cc1. The summed E-state index contributed by atoms with van der Waals surface area (Å²) in [5, 5.41) is 18.3. The summed E-state index contributed by atoms with van der Waals surface area (Å²) < 4.78 is 2.02. The zero-order valence-electron chi connectivity index (χ0n) is 15.3. The molecule has 0 saturated heterocycles. The standard InChI is InChI=1S/C21H17N5O2S/c27-20(25-28)17-8-6-15(7-9-17)14-29-21-24-23-19(16-10-12-22-13-11-16)26(21)18-4-2-1-3-5-18/h1-13,28H,14H2,(H,25,27). The molecule has 0 fully saturated rings. The number of thioether (sulfide) groups is 1. The molecule has 0 aliphatic rings. The Kier molecular flexibility index (Phi) is 5.64. The van der Waals surface area contributed by atoms with E-state index in [4.69, 9.17) is 5.21 Å². The van der Waals surface area contributed by atoms with Gasteiger partial charge in [-0.05, 0) is 42.0 Å². The van der Waals surface area contributed by atoms with Crippen molar-refractivity contribution in [1.82, 2.24) is 25.2 Å². The monoisotopic (exact) mass is 403 g/mol. The molecule has 0 aliphatic carbocycles. The van der Waals surface area contributed by atoms with Gasteiger partial charge in [-0.25, -0.2) is 5.48 Å². The molecule has 2 heterocycles. The van der Waals surface area contributed by atoms with E-state index in [2.05, 4.69) is 15.2 Å². The van der Waals surface area contributed by atoms with Crippen LogP contribution in [0.2, 0.25) is 0 Å². The van der Waals surface area contributed by atoms with Gasteiger partial charge in [0, 0.05) is 35.0 Å². The molecule has 2 N–H and O–H groups in total. The van der Waals surface area contributed by atoms with Crippen LogP contribution in [-0.4, -0.2) is 30.9 Å². The topological polar surface area (TPSA) is 92.9 Å². The van der Waals surface area contributed by atoms with Crippen molar-refractivity contribution < 1.29 is 10.0 Å². The second-order valence-corrected chi connectivity index (χ2v) is 7.08. The van der Waals surface area contributed by atoms with E-state index in [9.17, 15) is 4.79 Å². The molecule has 0 bridgehead atoms. The minimum atomic E-state index is -0.532. The lowest BCUT2D eigenvalue weighted by molar-refractivity contribution is 0.0706. The number of amides is 1. The van der Waals surface area contributed by atoms with Gasteiger partial charge in [0.1, 0.15) is 0 Å². The summed E-state index contributed by atoms with van der Waals surface area (Å²) in [4.78, 5) is 15.5. The third-order valence-corrected chi connectivity index (χ3v) is 5.27. The molecule has 0 unspecified atom stereocenters. The minimum Gasteiger partial charge on any atom is -0.288 e. The Bertz CT molecular complexity index is 1100. The third-order valence-electron chi connectivity index (χ3n) is 4.27. The second-order valence-electron chi connectivity index (χ2n) is 6.14. The summed E-state index contributed by atoms with van der Waals surface area (Å²) >= 11 is 1.55. The zero-order valence-corrected chi connectivity index (χ0v) is 16.1. The Morgan fingerprint density at radius 1 is 0.966 bits per heavy atom. The van der Waals surface area contributed by atoms with Crippen LogP contribution in [0.5, 0.6) is 0 Å². The Labute approximate surface area is 171 Å². The van der Waals surface area contributed by atoms with Crippen LogP contribution in [0.15, 0.2) is 84.3 Å². The van der Waals surface area contributed by atoms with Gasteiger partial charge in [0.15, 0.2) is 11.0 Å². The highest BCUT2D eigenvalue weighted by atomic mass is 32.2. The van der Waals surface area contributed by atoms with Crippen LogP contribution in [0, 0.1) is 0 Å². The quantitative estimate of drug-likeness (QED) is 0.289. The lowest BCUT2D eigenvalue weighted by atomic mass is 10.1. The van der Waals surface area contributed by atoms with Crippen LogP contribution in [0.1, 0.15) is 15.9 Å². The molecule has 0 aliphatic heterocycles. The van der Waals surface area contributed by atoms with Crippen molar-refractivity contribution in [2.45, 2.75) is 10.9 Å². The summed E-state index contributed by atoms with van der Waals surface area (Å²) in [6.45, 7) is 0. The van der Waals surface area contributed by atoms with E-state index in [0.717, 1.165) is 27.8 Å². The average molecular weight is 403 g/mol. The van der Waals surface area contributed by atoms with Crippen LogP contribution in [0.4, 0.5) is 0 Å². The summed E-state index contributed by atoms with van der Waals surface area (Å²) in [5.41, 5.74) is 4.96. The number of carbonyl (C=O) groups excluding carboxylic acids is 1. The maximum Gasteiger partial charge on any atom is 0.274 e. The highest BCUT2D eigenvalue weighted by Gasteiger charge is 2.16. The fourth-order valence-corrected chi connectivity index (χ4v) is 3.73. The van der Waals surface area contributed by atoms with Gasteiger partial charge in [-0.3, -0.25) is 19.6 Å². The van der Waals surface area contributed by atoms with Crippen LogP contribution >= 0.6 is 11.8 Å². The van der Waals surface area contributed by atoms with E-state index < -0.39 is 5.91 Å². The van der Waals surface area contributed by atoms with Crippen molar-refractivity contribution >= 4 is 17.7 Å². The Hall–Kier alpha value is -3.49. The molecular weight excluding hydrogens is 386 g/mol. The number of hydrogen-bond donors (Lipinski definition) is 2. The molecule has 0 spiro atoms. The van der Waals surface area contributed by atoms with Gasteiger partial charge in [-0.2, -0.15) is 0 Å². The molecule has 1 amide bonds. The molecule has 144 valence electrons. The maximum absolute atomic E-state index is 11.5. The minimum absolute atomic E-state index is 0.397. The van der Waals surface area contributed by atoms with Crippen molar-refractivity contribution in [3.63, 3.8) is 0 Å². The fraction of sp³-hybridized carbons (Fsp3) is 0.0476. The van der Waals surface area contributed by atoms with Crippen LogP contribution in [0.3, 0.4) is 0 Å². The van der Waals surface area contributed by atoms with Crippen molar-refractivity contribution in [2.24, 2.45) is 0 Å². The number of aromatic nitrogens is 4. The van der Waals surface area contributed by atoms with Gasteiger partial charge < -0.3 is 0 Å². The molecule has 2 aromatic heterocycles. The molecule has 29 heavy (non-hydrogen) atoms. The smallest absolute Gasteiger partial charge is 0.274 e. The number of hydrogen-bond acceptors (Lipinski definition) is 6.